The van der Waals surface area contributed by atoms with Gasteiger partial charge in [-0.15, -0.1) is 0 Å². The van der Waals surface area contributed by atoms with Crippen LogP contribution in [0.5, 0.6) is 5.75 Å². The van der Waals surface area contributed by atoms with Crippen molar-refractivity contribution in [2.75, 3.05) is 0 Å². The molecule has 0 atom stereocenters. The van der Waals surface area contributed by atoms with Crippen molar-refractivity contribution in [2.45, 2.75) is 25.4 Å². The zero-order valence-electron chi connectivity index (χ0n) is 18.6. The van der Waals surface area contributed by atoms with Crippen LogP contribution < -0.4 is 4.74 Å². The molecule has 4 aromatic rings. The van der Waals surface area contributed by atoms with Crippen molar-refractivity contribution >= 4 is 40.8 Å². The molecule has 1 saturated carbocycles. The van der Waals surface area contributed by atoms with Crippen LogP contribution in [0.4, 0.5) is 0 Å². The minimum absolute atomic E-state index is 0.0633. The highest BCUT2D eigenvalue weighted by Crippen LogP contribution is 2.46. The lowest BCUT2D eigenvalue weighted by Crippen LogP contribution is -2.00. The highest BCUT2D eigenvalue weighted by atomic mass is 35.5. The van der Waals surface area contributed by atoms with Crippen molar-refractivity contribution in [1.82, 2.24) is 10.1 Å². The molecule has 5 rings (SSSR count). The topological polar surface area (TPSA) is 85.5 Å². The second-order valence-corrected chi connectivity index (χ2v) is 9.41. The van der Waals surface area contributed by atoms with Gasteiger partial charge in [0.25, 0.3) is 0 Å². The Bertz CT molecular complexity index is 1510. The fourth-order valence-corrected chi connectivity index (χ4v) is 4.45. The monoisotopic (exact) mass is 538 g/mol. The number of carboxylic acid groups (broad SMARTS) is 1. The Morgan fingerprint density at radius 3 is 2.53 bits per heavy atom. The standard InChI is InChI=1S/C27H17Cl3N2O4/c28-21-2-1-3-22(29)24(21)25-20(26(36-32-25)17-6-7-17)14-35-19-9-8-16(23(30)11-19)5-4-15-10-18(27(33)34)13-31-12-15/h1-3,8-13,17H,6-7,14H2,(H,33,34). The maximum atomic E-state index is 11.1. The summed E-state index contributed by atoms with van der Waals surface area (Å²) in [5.41, 5.74) is 3.08. The van der Waals surface area contributed by atoms with Crippen molar-refractivity contribution in [3.63, 3.8) is 0 Å². The van der Waals surface area contributed by atoms with E-state index in [4.69, 9.17) is 49.2 Å². The third kappa shape index (κ3) is 5.19. The summed E-state index contributed by atoms with van der Waals surface area (Å²) < 4.78 is 11.7. The lowest BCUT2D eigenvalue weighted by atomic mass is 10.0. The predicted octanol–water partition coefficient (Wildman–Crippen LogP) is 7.25. The third-order valence-electron chi connectivity index (χ3n) is 5.62. The second-order valence-electron chi connectivity index (χ2n) is 8.19. The van der Waals surface area contributed by atoms with Crippen molar-refractivity contribution in [3.05, 3.63) is 97.9 Å². The Morgan fingerprint density at radius 1 is 1.06 bits per heavy atom. The van der Waals surface area contributed by atoms with Crippen LogP contribution in [0.2, 0.25) is 15.1 Å². The van der Waals surface area contributed by atoms with E-state index in [1.807, 2.05) is 0 Å². The van der Waals surface area contributed by atoms with Crippen LogP contribution in [0.25, 0.3) is 11.3 Å². The van der Waals surface area contributed by atoms with Gasteiger partial charge in [0.1, 0.15) is 23.8 Å². The van der Waals surface area contributed by atoms with Gasteiger partial charge >= 0.3 is 5.97 Å². The average molecular weight is 540 g/mol. The number of ether oxygens (including phenoxy) is 1. The molecule has 0 spiro atoms. The molecule has 1 aliphatic carbocycles. The van der Waals surface area contributed by atoms with Crippen molar-refractivity contribution < 1.29 is 19.2 Å². The Hall–Kier alpha value is -3.50. The first kappa shape index (κ1) is 24.2. The summed E-state index contributed by atoms with van der Waals surface area (Å²) in [6, 6.07) is 11.9. The van der Waals surface area contributed by atoms with Gasteiger partial charge in [-0.1, -0.05) is 57.9 Å². The highest BCUT2D eigenvalue weighted by Gasteiger charge is 2.33. The number of carboxylic acids is 1. The first-order chi connectivity index (χ1) is 17.4. The number of hydrogen-bond acceptors (Lipinski definition) is 5. The lowest BCUT2D eigenvalue weighted by Gasteiger charge is -2.10. The second kappa shape index (κ2) is 10.2. The molecule has 0 saturated heterocycles. The van der Waals surface area contributed by atoms with Crippen molar-refractivity contribution in [1.29, 1.82) is 0 Å². The summed E-state index contributed by atoms with van der Waals surface area (Å²) in [7, 11) is 0. The minimum atomic E-state index is -1.07. The summed E-state index contributed by atoms with van der Waals surface area (Å²) in [5, 5.41) is 14.7. The largest absolute Gasteiger partial charge is 0.489 e. The number of rotatable bonds is 6. The molecule has 0 unspecified atom stereocenters. The minimum Gasteiger partial charge on any atom is -0.489 e. The number of carbonyl (C=O) groups is 1. The number of aromatic carboxylic acids is 1. The summed E-state index contributed by atoms with van der Waals surface area (Å²) in [6.45, 7) is 0.196. The lowest BCUT2D eigenvalue weighted by molar-refractivity contribution is 0.0696. The SMILES string of the molecule is O=C(O)c1cncc(C#Cc2ccc(OCc3c(-c4c(Cl)cccc4Cl)noc3C3CC3)cc2Cl)c1. The van der Waals surface area contributed by atoms with Crippen molar-refractivity contribution in [3.8, 4) is 28.8 Å². The van der Waals surface area contributed by atoms with E-state index in [0.29, 0.717) is 49.1 Å². The maximum Gasteiger partial charge on any atom is 0.337 e. The van der Waals surface area contributed by atoms with Crippen molar-refractivity contribution in [2.24, 2.45) is 0 Å². The van der Waals surface area contributed by atoms with E-state index < -0.39 is 5.97 Å². The van der Waals surface area contributed by atoms with E-state index >= 15 is 0 Å². The van der Waals surface area contributed by atoms with E-state index in [1.165, 1.54) is 18.5 Å². The number of nitrogens with zero attached hydrogens (tertiary/aromatic N) is 2. The molecule has 6 nitrogen and oxygen atoms in total. The van der Waals surface area contributed by atoms with Crippen LogP contribution in [-0.2, 0) is 6.61 Å². The van der Waals surface area contributed by atoms with Gasteiger partial charge < -0.3 is 14.4 Å². The first-order valence-corrected chi connectivity index (χ1v) is 12.1. The van der Waals surface area contributed by atoms with Gasteiger partial charge in [0, 0.05) is 41.1 Å². The molecule has 2 aromatic heterocycles. The van der Waals surface area contributed by atoms with E-state index in [9.17, 15) is 4.79 Å². The Morgan fingerprint density at radius 2 is 1.83 bits per heavy atom. The fourth-order valence-electron chi connectivity index (χ4n) is 3.66. The summed E-state index contributed by atoms with van der Waals surface area (Å²) in [6.07, 6.45) is 4.82. The van der Waals surface area contributed by atoms with Gasteiger partial charge in [-0.25, -0.2) is 4.79 Å². The average Bonchev–Trinajstić information content (AvgIpc) is 3.62. The van der Waals surface area contributed by atoms with E-state index in [-0.39, 0.29) is 12.2 Å². The molecular weight excluding hydrogens is 523 g/mol. The quantitative estimate of drug-likeness (QED) is 0.260. The number of pyridine rings is 1. The molecule has 1 aliphatic rings. The summed E-state index contributed by atoms with van der Waals surface area (Å²) in [4.78, 5) is 15.0. The van der Waals surface area contributed by atoms with E-state index in [1.54, 1.807) is 36.4 Å². The summed E-state index contributed by atoms with van der Waals surface area (Å²) >= 11 is 19.3. The molecule has 2 heterocycles. The molecule has 180 valence electrons. The van der Waals surface area contributed by atoms with Gasteiger partial charge in [-0.2, -0.15) is 0 Å². The Balaban J connectivity index is 1.37. The summed E-state index contributed by atoms with van der Waals surface area (Å²) in [5.74, 6) is 6.40. The molecule has 0 bridgehead atoms. The number of halogens is 3. The molecular formula is C27H17Cl3N2O4. The van der Waals surface area contributed by atoms with E-state index in [2.05, 4.69) is 22.0 Å². The highest BCUT2D eigenvalue weighted by molar-refractivity contribution is 6.39. The van der Waals surface area contributed by atoms with Gasteiger partial charge in [0.15, 0.2) is 0 Å². The number of benzene rings is 2. The van der Waals surface area contributed by atoms with Crippen LogP contribution >= 0.6 is 34.8 Å². The molecule has 2 aromatic carbocycles. The van der Waals surface area contributed by atoms with Crippen LogP contribution in [0.3, 0.4) is 0 Å². The van der Waals surface area contributed by atoms with E-state index in [0.717, 1.165) is 24.2 Å². The zero-order chi connectivity index (χ0) is 25.2. The smallest absolute Gasteiger partial charge is 0.337 e. The normalized spacial score (nSPS) is 12.6. The molecule has 1 N–H and O–H groups in total. The van der Waals surface area contributed by atoms with Crippen LogP contribution in [-0.4, -0.2) is 21.2 Å². The zero-order valence-corrected chi connectivity index (χ0v) is 20.9. The van der Waals surface area contributed by atoms with Crippen LogP contribution in [0, 0.1) is 11.8 Å². The third-order valence-corrected chi connectivity index (χ3v) is 6.56. The maximum absolute atomic E-state index is 11.1. The molecule has 0 aliphatic heterocycles. The molecule has 0 radical (unpaired) electrons. The Kier molecular flexibility index (Phi) is 6.88. The number of hydrogen-bond donors (Lipinski definition) is 1. The number of aromatic nitrogens is 2. The van der Waals surface area contributed by atoms with Crippen LogP contribution in [0.1, 0.15) is 51.6 Å². The molecule has 1 fully saturated rings. The van der Waals surface area contributed by atoms with Gasteiger partial charge in [-0.3, -0.25) is 4.98 Å². The van der Waals surface area contributed by atoms with Gasteiger partial charge in [0.05, 0.1) is 26.2 Å². The van der Waals surface area contributed by atoms with Crippen LogP contribution in [0.15, 0.2) is 59.4 Å². The van der Waals surface area contributed by atoms with Gasteiger partial charge in [0.2, 0.25) is 0 Å². The molecule has 9 heteroatoms. The molecule has 36 heavy (non-hydrogen) atoms. The van der Waals surface area contributed by atoms with Gasteiger partial charge in [-0.05, 0) is 43.2 Å². The fraction of sp³-hybridized carbons (Fsp3) is 0.148. The molecule has 0 amide bonds. The first-order valence-electron chi connectivity index (χ1n) is 11.0. The predicted molar refractivity (Wildman–Crippen MR) is 137 cm³/mol. The Labute approximate surface area is 221 Å².